The first-order valence-electron chi connectivity index (χ1n) is 8.74. The largest absolute Gasteiger partial charge is 0.506 e. The Hall–Kier alpha value is -2.30. The number of hydrogen-bond donors (Lipinski definition) is 2. The Morgan fingerprint density at radius 1 is 1.11 bits per heavy atom. The number of aliphatic hydroxyl groups is 1. The van der Waals surface area contributed by atoms with Crippen LogP contribution in [-0.4, -0.2) is 23.3 Å². The maximum atomic E-state index is 12.8. The molecule has 0 radical (unpaired) electrons. The summed E-state index contributed by atoms with van der Waals surface area (Å²) in [6, 6.07) is 13.7. The monoisotopic (exact) mass is 404 g/mol. The van der Waals surface area contributed by atoms with Gasteiger partial charge in [0, 0.05) is 22.8 Å². The number of carbonyl (C=O) groups is 1. The zero-order valence-corrected chi connectivity index (χ0v) is 16.8. The molecule has 1 amide bonds. The highest BCUT2D eigenvalue weighted by Gasteiger charge is 2.19. The predicted octanol–water partition coefficient (Wildman–Crippen LogP) is 5.97. The molecule has 2 aromatic rings. The van der Waals surface area contributed by atoms with Crippen LogP contribution in [0.4, 0.5) is 5.69 Å². The number of carbonyl (C=O) groups excluding carboxylic acids is 1. The average molecular weight is 405 g/mol. The van der Waals surface area contributed by atoms with Crippen molar-refractivity contribution < 1.29 is 9.90 Å². The third-order valence-corrected chi connectivity index (χ3v) is 4.70. The van der Waals surface area contributed by atoms with E-state index in [9.17, 15) is 9.90 Å². The molecule has 0 aromatic heterocycles. The number of aliphatic hydroxyl groups excluding tert-OH is 1. The second-order valence-corrected chi connectivity index (χ2v) is 6.81. The van der Waals surface area contributed by atoms with Gasteiger partial charge in [-0.25, -0.2) is 0 Å². The molecule has 2 aromatic carbocycles. The van der Waals surface area contributed by atoms with E-state index in [2.05, 4.69) is 10.3 Å². The third kappa shape index (κ3) is 5.84. The number of nitrogens with zero attached hydrogens (tertiary/aromatic N) is 1. The topological polar surface area (TPSA) is 61.7 Å². The minimum atomic E-state index is -0.404. The lowest BCUT2D eigenvalue weighted by atomic mass is 10.1. The second-order valence-electron chi connectivity index (χ2n) is 5.96. The zero-order chi connectivity index (χ0) is 19.8. The quantitative estimate of drug-likeness (QED) is 0.339. The summed E-state index contributed by atoms with van der Waals surface area (Å²) in [6.07, 6.45) is 2.92. The molecule has 0 unspecified atom stereocenters. The molecule has 0 bridgehead atoms. The summed E-state index contributed by atoms with van der Waals surface area (Å²) in [6.45, 7) is 3.99. The van der Waals surface area contributed by atoms with E-state index in [1.165, 1.54) is 6.21 Å². The van der Waals surface area contributed by atoms with Crippen LogP contribution in [0.3, 0.4) is 0 Å². The summed E-state index contributed by atoms with van der Waals surface area (Å²) in [5, 5.41) is 14.6. The normalized spacial score (nSPS) is 12.3. The number of benzene rings is 2. The molecule has 0 spiro atoms. The lowest BCUT2D eigenvalue weighted by molar-refractivity contribution is -0.117. The molecule has 0 heterocycles. The first kappa shape index (κ1) is 21.0. The van der Waals surface area contributed by atoms with E-state index in [0.717, 1.165) is 12.8 Å². The zero-order valence-electron chi connectivity index (χ0n) is 15.2. The summed E-state index contributed by atoms with van der Waals surface area (Å²) in [4.78, 5) is 17.1. The molecular formula is C21H22Cl2N2O2. The van der Waals surface area contributed by atoms with Gasteiger partial charge in [-0.05, 0) is 49.2 Å². The van der Waals surface area contributed by atoms with Gasteiger partial charge in [-0.2, -0.15) is 0 Å². The van der Waals surface area contributed by atoms with Gasteiger partial charge < -0.3 is 10.4 Å². The predicted molar refractivity (Wildman–Crippen MR) is 113 cm³/mol. The lowest BCUT2D eigenvalue weighted by Gasteiger charge is -2.16. The smallest absolute Gasteiger partial charge is 0.256 e. The molecule has 2 N–H and O–H groups in total. The highest BCUT2D eigenvalue weighted by atomic mass is 35.5. The van der Waals surface area contributed by atoms with E-state index in [1.807, 2.05) is 13.8 Å². The van der Waals surface area contributed by atoms with Gasteiger partial charge in [-0.15, -0.1) is 0 Å². The molecule has 0 aliphatic carbocycles. The fraction of sp³-hybridized carbons (Fsp3) is 0.238. The first-order chi connectivity index (χ1) is 13.0. The van der Waals surface area contributed by atoms with Crippen molar-refractivity contribution in [1.82, 2.24) is 5.32 Å². The molecule has 0 saturated heterocycles. The van der Waals surface area contributed by atoms with Crippen molar-refractivity contribution in [2.75, 3.05) is 0 Å². The van der Waals surface area contributed by atoms with Gasteiger partial charge in [0.1, 0.15) is 11.3 Å². The fourth-order valence-corrected chi connectivity index (χ4v) is 2.80. The molecule has 2 rings (SSSR count). The standard InChI is InChI=1S/C21H22Cl2N2O2/c1-3-15(4-2)25-21(27)18(13-24-16-11-9-14(22)10-12-16)20(26)17-7-5-6-8-19(17)23/h5-13,15,26H,3-4H2,1-2H3,(H,25,27)/b20-18+,24-13?. The van der Waals surface area contributed by atoms with Gasteiger partial charge in [0.15, 0.2) is 0 Å². The Kier molecular flexibility index (Phi) is 7.89. The van der Waals surface area contributed by atoms with Crippen molar-refractivity contribution in [2.24, 2.45) is 4.99 Å². The van der Waals surface area contributed by atoms with Gasteiger partial charge in [0.25, 0.3) is 5.91 Å². The Morgan fingerprint density at radius 3 is 2.33 bits per heavy atom. The van der Waals surface area contributed by atoms with E-state index >= 15 is 0 Å². The van der Waals surface area contributed by atoms with E-state index in [-0.39, 0.29) is 17.4 Å². The number of rotatable bonds is 7. The Morgan fingerprint density at radius 2 is 1.74 bits per heavy atom. The first-order valence-corrected chi connectivity index (χ1v) is 9.50. The Balaban J connectivity index is 2.44. The maximum Gasteiger partial charge on any atom is 0.256 e. The van der Waals surface area contributed by atoms with E-state index in [1.54, 1.807) is 48.5 Å². The van der Waals surface area contributed by atoms with Crippen LogP contribution >= 0.6 is 23.2 Å². The molecule has 27 heavy (non-hydrogen) atoms. The molecule has 6 heteroatoms. The minimum Gasteiger partial charge on any atom is -0.506 e. The van der Waals surface area contributed by atoms with Crippen LogP contribution in [0.25, 0.3) is 5.76 Å². The Bertz CT molecular complexity index is 842. The molecular weight excluding hydrogens is 383 g/mol. The van der Waals surface area contributed by atoms with E-state index < -0.39 is 5.91 Å². The molecule has 0 aliphatic rings. The van der Waals surface area contributed by atoms with E-state index in [4.69, 9.17) is 23.2 Å². The number of halogens is 2. The molecule has 142 valence electrons. The molecule has 0 fully saturated rings. The minimum absolute atomic E-state index is 0.00970. The lowest BCUT2D eigenvalue weighted by Crippen LogP contribution is -2.35. The van der Waals surface area contributed by atoms with Crippen molar-refractivity contribution in [3.8, 4) is 0 Å². The van der Waals surface area contributed by atoms with Crippen molar-refractivity contribution in [1.29, 1.82) is 0 Å². The van der Waals surface area contributed by atoms with Gasteiger partial charge in [-0.1, -0.05) is 49.2 Å². The summed E-state index contributed by atoms with van der Waals surface area (Å²) < 4.78 is 0. The van der Waals surface area contributed by atoms with Crippen molar-refractivity contribution in [3.05, 3.63) is 69.7 Å². The number of hydrogen-bond acceptors (Lipinski definition) is 3. The summed E-state index contributed by atoms with van der Waals surface area (Å²) in [5.74, 6) is -0.624. The van der Waals surface area contributed by atoms with Crippen LogP contribution in [0.5, 0.6) is 0 Å². The van der Waals surface area contributed by atoms with Crippen LogP contribution in [-0.2, 0) is 4.79 Å². The molecule has 4 nitrogen and oxygen atoms in total. The fourth-order valence-electron chi connectivity index (χ4n) is 2.45. The molecule has 0 atom stereocenters. The van der Waals surface area contributed by atoms with Crippen LogP contribution in [0.2, 0.25) is 10.0 Å². The Labute approximate surface area is 169 Å². The van der Waals surface area contributed by atoms with Crippen molar-refractivity contribution >= 4 is 46.8 Å². The number of nitrogens with one attached hydrogen (secondary N) is 1. The highest BCUT2D eigenvalue weighted by Crippen LogP contribution is 2.25. The van der Waals surface area contributed by atoms with Crippen LogP contribution in [0, 0.1) is 0 Å². The van der Waals surface area contributed by atoms with Crippen molar-refractivity contribution in [3.63, 3.8) is 0 Å². The van der Waals surface area contributed by atoms with Gasteiger partial charge in [0.05, 0.1) is 10.7 Å². The van der Waals surface area contributed by atoms with Crippen LogP contribution < -0.4 is 5.32 Å². The molecule has 0 saturated carbocycles. The second kappa shape index (κ2) is 10.1. The maximum absolute atomic E-state index is 12.8. The molecule has 0 aliphatic heterocycles. The number of amides is 1. The van der Waals surface area contributed by atoms with Crippen LogP contribution in [0.15, 0.2) is 59.1 Å². The van der Waals surface area contributed by atoms with Gasteiger partial charge in [0.2, 0.25) is 0 Å². The van der Waals surface area contributed by atoms with E-state index in [0.29, 0.717) is 21.3 Å². The average Bonchev–Trinajstić information content (AvgIpc) is 2.67. The van der Waals surface area contributed by atoms with Gasteiger partial charge in [-0.3, -0.25) is 9.79 Å². The van der Waals surface area contributed by atoms with Gasteiger partial charge >= 0.3 is 0 Å². The number of aliphatic imine (C=N–C) groups is 1. The van der Waals surface area contributed by atoms with Crippen LogP contribution in [0.1, 0.15) is 32.3 Å². The summed E-state index contributed by atoms with van der Waals surface area (Å²) >= 11 is 12.1. The summed E-state index contributed by atoms with van der Waals surface area (Å²) in [7, 11) is 0. The van der Waals surface area contributed by atoms with Crippen molar-refractivity contribution in [2.45, 2.75) is 32.7 Å². The highest BCUT2D eigenvalue weighted by molar-refractivity contribution is 6.33. The summed E-state index contributed by atoms with van der Waals surface area (Å²) in [5.41, 5.74) is 1.03. The SMILES string of the molecule is CCC(CC)NC(=O)/C(C=Nc1ccc(Cl)cc1)=C(/O)c1ccccc1Cl. The third-order valence-electron chi connectivity index (χ3n) is 4.12.